The van der Waals surface area contributed by atoms with Crippen LogP contribution in [0.5, 0.6) is 0 Å². The smallest absolute Gasteiger partial charge is 0.152 e. The van der Waals surface area contributed by atoms with E-state index in [1.807, 2.05) is 0 Å². The van der Waals surface area contributed by atoms with Crippen LogP contribution in [0.15, 0.2) is 0 Å². The molecule has 0 aromatic carbocycles. The van der Waals surface area contributed by atoms with Gasteiger partial charge in [-0.3, -0.25) is 0 Å². The molecular formula is C10H18O2. The van der Waals surface area contributed by atoms with E-state index < -0.39 is 5.60 Å². The SMILES string of the molecule is CC(C)C(C)C1(C=O)CCCO1. The first-order valence-corrected chi connectivity index (χ1v) is 4.72. The van der Waals surface area contributed by atoms with Crippen LogP contribution in [0, 0.1) is 11.8 Å². The van der Waals surface area contributed by atoms with Gasteiger partial charge in [-0.05, 0) is 24.7 Å². The van der Waals surface area contributed by atoms with Crippen molar-refractivity contribution in [2.45, 2.75) is 39.2 Å². The first kappa shape index (κ1) is 9.72. The topological polar surface area (TPSA) is 26.3 Å². The molecule has 2 heteroatoms. The van der Waals surface area contributed by atoms with Gasteiger partial charge in [-0.15, -0.1) is 0 Å². The first-order valence-electron chi connectivity index (χ1n) is 4.72. The van der Waals surface area contributed by atoms with Crippen molar-refractivity contribution in [3.8, 4) is 0 Å². The van der Waals surface area contributed by atoms with Gasteiger partial charge < -0.3 is 9.53 Å². The maximum absolute atomic E-state index is 11.0. The largest absolute Gasteiger partial charge is 0.367 e. The molecule has 0 aliphatic carbocycles. The lowest BCUT2D eigenvalue weighted by atomic mass is 9.80. The summed E-state index contributed by atoms with van der Waals surface area (Å²) in [5.41, 5.74) is -0.464. The van der Waals surface area contributed by atoms with Crippen LogP contribution in [0.4, 0.5) is 0 Å². The number of aldehydes is 1. The van der Waals surface area contributed by atoms with E-state index in [0.717, 1.165) is 25.7 Å². The Morgan fingerprint density at radius 1 is 1.42 bits per heavy atom. The van der Waals surface area contributed by atoms with Crippen molar-refractivity contribution in [1.29, 1.82) is 0 Å². The second-order valence-corrected chi connectivity index (χ2v) is 4.06. The maximum Gasteiger partial charge on any atom is 0.152 e. The molecule has 0 bridgehead atoms. The summed E-state index contributed by atoms with van der Waals surface area (Å²) >= 11 is 0. The predicted octanol–water partition coefficient (Wildman–Crippen LogP) is 2.03. The number of ether oxygens (including phenoxy) is 1. The molecule has 1 aliphatic heterocycles. The molecule has 1 fully saturated rings. The molecule has 0 saturated carbocycles. The lowest BCUT2D eigenvalue weighted by Gasteiger charge is -2.31. The molecule has 2 unspecified atom stereocenters. The molecule has 0 spiro atoms. The van der Waals surface area contributed by atoms with Crippen molar-refractivity contribution in [3.63, 3.8) is 0 Å². The lowest BCUT2D eigenvalue weighted by Crippen LogP contribution is -2.40. The zero-order valence-electron chi connectivity index (χ0n) is 8.17. The number of hydrogen-bond acceptors (Lipinski definition) is 2. The Kier molecular flexibility index (Phi) is 2.89. The number of carbonyl (C=O) groups excluding carboxylic acids is 1. The van der Waals surface area contributed by atoms with Gasteiger partial charge in [-0.2, -0.15) is 0 Å². The fraction of sp³-hybridized carbons (Fsp3) is 0.900. The average Bonchev–Trinajstić information content (AvgIpc) is 2.52. The average molecular weight is 170 g/mol. The Morgan fingerprint density at radius 3 is 2.42 bits per heavy atom. The second kappa shape index (κ2) is 3.56. The Hall–Kier alpha value is -0.370. The number of carbonyl (C=O) groups is 1. The van der Waals surface area contributed by atoms with Gasteiger partial charge in [0.15, 0.2) is 6.29 Å². The Bertz CT molecular complexity index is 157. The molecule has 70 valence electrons. The molecule has 1 heterocycles. The van der Waals surface area contributed by atoms with Crippen LogP contribution in [0.3, 0.4) is 0 Å². The summed E-state index contributed by atoms with van der Waals surface area (Å²) in [6.07, 6.45) is 2.93. The Morgan fingerprint density at radius 2 is 2.08 bits per heavy atom. The van der Waals surface area contributed by atoms with Gasteiger partial charge in [0.1, 0.15) is 5.60 Å². The Balaban J connectivity index is 2.71. The van der Waals surface area contributed by atoms with Gasteiger partial charge in [0, 0.05) is 6.61 Å². The molecule has 2 nitrogen and oxygen atoms in total. The molecule has 1 rings (SSSR count). The minimum absolute atomic E-state index is 0.331. The molecule has 0 N–H and O–H groups in total. The third kappa shape index (κ3) is 1.53. The van der Waals surface area contributed by atoms with Crippen molar-refractivity contribution >= 4 is 6.29 Å². The second-order valence-electron chi connectivity index (χ2n) is 4.06. The minimum Gasteiger partial charge on any atom is -0.367 e. The van der Waals surface area contributed by atoms with E-state index in [4.69, 9.17) is 4.74 Å². The summed E-state index contributed by atoms with van der Waals surface area (Å²) in [5, 5.41) is 0. The van der Waals surface area contributed by atoms with Gasteiger partial charge in [0.2, 0.25) is 0 Å². The third-order valence-electron chi connectivity index (χ3n) is 3.05. The van der Waals surface area contributed by atoms with Crippen LogP contribution in [-0.2, 0) is 9.53 Å². The highest BCUT2D eigenvalue weighted by atomic mass is 16.5. The van der Waals surface area contributed by atoms with Crippen molar-refractivity contribution in [1.82, 2.24) is 0 Å². The van der Waals surface area contributed by atoms with Crippen LogP contribution in [0.1, 0.15) is 33.6 Å². The Labute approximate surface area is 74.3 Å². The van der Waals surface area contributed by atoms with E-state index in [0.29, 0.717) is 11.8 Å². The minimum atomic E-state index is -0.464. The predicted molar refractivity (Wildman–Crippen MR) is 48.0 cm³/mol. The highest BCUT2D eigenvalue weighted by Gasteiger charge is 2.41. The molecule has 12 heavy (non-hydrogen) atoms. The van der Waals surface area contributed by atoms with Gasteiger partial charge >= 0.3 is 0 Å². The van der Waals surface area contributed by atoms with Crippen molar-refractivity contribution < 1.29 is 9.53 Å². The molecule has 2 atom stereocenters. The first-order chi connectivity index (χ1) is 5.62. The van der Waals surface area contributed by atoms with Crippen molar-refractivity contribution in [3.05, 3.63) is 0 Å². The summed E-state index contributed by atoms with van der Waals surface area (Å²) in [5.74, 6) is 0.839. The fourth-order valence-electron chi connectivity index (χ4n) is 1.81. The molecule has 0 aromatic heterocycles. The van der Waals surface area contributed by atoms with E-state index in [2.05, 4.69) is 20.8 Å². The highest BCUT2D eigenvalue weighted by molar-refractivity contribution is 5.63. The molecule has 1 saturated heterocycles. The van der Waals surface area contributed by atoms with E-state index in [9.17, 15) is 4.79 Å². The monoisotopic (exact) mass is 170 g/mol. The van der Waals surface area contributed by atoms with Crippen molar-refractivity contribution in [2.24, 2.45) is 11.8 Å². The fourth-order valence-corrected chi connectivity index (χ4v) is 1.81. The van der Waals surface area contributed by atoms with Gasteiger partial charge in [-0.25, -0.2) is 0 Å². The van der Waals surface area contributed by atoms with Crippen LogP contribution < -0.4 is 0 Å². The highest BCUT2D eigenvalue weighted by Crippen LogP contribution is 2.35. The molecule has 0 radical (unpaired) electrons. The normalized spacial score (nSPS) is 32.3. The van der Waals surface area contributed by atoms with Gasteiger partial charge in [0.05, 0.1) is 0 Å². The van der Waals surface area contributed by atoms with Gasteiger partial charge in [-0.1, -0.05) is 20.8 Å². The maximum atomic E-state index is 11.0. The molecule has 0 aromatic rings. The van der Waals surface area contributed by atoms with E-state index in [1.54, 1.807) is 0 Å². The number of rotatable bonds is 3. The lowest BCUT2D eigenvalue weighted by molar-refractivity contribution is -0.133. The standard InChI is InChI=1S/C10H18O2/c1-8(2)9(3)10(7-11)5-4-6-12-10/h7-9H,4-6H2,1-3H3. The quantitative estimate of drug-likeness (QED) is 0.606. The summed E-state index contributed by atoms with van der Waals surface area (Å²) in [6.45, 7) is 7.12. The van der Waals surface area contributed by atoms with E-state index in [1.165, 1.54) is 0 Å². The summed E-state index contributed by atoms with van der Waals surface area (Å²) in [6, 6.07) is 0. The van der Waals surface area contributed by atoms with Gasteiger partial charge in [0.25, 0.3) is 0 Å². The zero-order valence-corrected chi connectivity index (χ0v) is 8.17. The van der Waals surface area contributed by atoms with Crippen molar-refractivity contribution in [2.75, 3.05) is 6.61 Å². The van der Waals surface area contributed by atoms with Crippen LogP contribution in [0.25, 0.3) is 0 Å². The van der Waals surface area contributed by atoms with Crippen LogP contribution in [0.2, 0.25) is 0 Å². The molecule has 0 amide bonds. The van der Waals surface area contributed by atoms with Crippen LogP contribution >= 0.6 is 0 Å². The summed E-state index contributed by atoms with van der Waals surface area (Å²) in [7, 11) is 0. The molecular weight excluding hydrogens is 152 g/mol. The summed E-state index contributed by atoms with van der Waals surface area (Å²) in [4.78, 5) is 11.0. The third-order valence-corrected chi connectivity index (χ3v) is 3.05. The van der Waals surface area contributed by atoms with E-state index >= 15 is 0 Å². The number of hydrogen-bond donors (Lipinski definition) is 0. The summed E-state index contributed by atoms with van der Waals surface area (Å²) < 4.78 is 5.54. The van der Waals surface area contributed by atoms with Crippen LogP contribution in [-0.4, -0.2) is 18.5 Å². The van der Waals surface area contributed by atoms with E-state index in [-0.39, 0.29) is 0 Å². The molecule has 1 aliphatic rings. The zero-order chi connectivity index (χ0) is 9.19.